The highest BCUT2D eigenvalue weighted by molar-refractivity contribution is 9.10. The lowest BCUT2D eigenvalue weighted by Crippen LogP contribution is -2.41. The van der Waals surface area contributed by atoms with Crippen LogP contribution in [0.15, 0.2) is 52.5 Å². The first-order chi connectivity index (χ1) is 13.8. The summed E-state index contributed by atoms with van der Waals surface area (Å²) < 4.78 is 22.5. The highest BCUT2D eigenvalue weighted by atomic mass is 79.9. The van der Waals surface area contributed by atoms with Crippen LogP contribution in [0.1, 0.15) is 31.9 Å². The van der Waals surface area contributed by atoms with Crippen LogP contribution < -0.4 is 9.47 Å². The van der Waals surface area contributed by atoms with Crippen LogP contribution in [0.4, 0.5) is 0 Å². The first-order valence-corrected chi connectivity index (χ1v) is 9.90. The normalized spacial score (nSPS) is 15.4. The maximum absolute atomic E-state index is 12.2. The van der Waals surface area contributed by atoms with Crippen molar-refractivity contribution in [3.8, 4) is 11.5 Å². The van der Waals surface area contributed by atoms with Crippen molar-refractivity contribution in [1.82, 2.24) is 0 Å². The van der Waals surface area contributed by atoms with Crippen LogP contribution in [0.25, 0.3) is 6.08 Å². The van der Waals surface area contributed by atoms with Gasteiger partial charge >= 0.3 is 11.9 Å². The van der Waals surface area contributed by atoms with Gasteiger partial charge in [0.2, 0.25) is 0 Å². The number of esters is 2. The highest BCUT2D eigenvalue weighted by Crippen LogP contribution is 2.36. The number of ether oxygens (including phenoxy) is 4. The molecule has 0 N–H and O–H groups in total. The van der Waals surface area contributed by atoms with Gasteiger partial charge in [0.25, 0.3) is 5.79 Å². The molecule has 1 saturated heterocycles. The van der Waals surface area contributed by atoms with E-state index in [1.54, 1.807) is 12.1 Å². The summed E-state index contributed by atoms with van der Waals surface area (Å²) in [7, 11) is 0. The summed E-state index contributed by atoms with van der Waals surface area (Å²) in [4.78, 5) is 24.4. The zero-order valence-electron chi connectivity index (χ0n) is 16.4. The van der Waals surface area contributed by atoms with E-state index in [1.807, 2.05) is 37.3 Å². The topological polar surface area (TPSA) is 71.1 Å². The van der Waals surface area contributed by atoms with E-state index in [2.05, 4.69) is 15.9 Å². The fourth-order valence-electron chi connectivity index (χ4n) is 2.71. The zero-order chi connectivity index (χ0) is 21.0. The molecule has 0 atom stereocenters. The summed E-state index contributed by atoms with van der Waals surface area (Å²) in [6.07, 6.45) is 1.41. The van der Waals surface area contributed by atoms with Crippen molar-refractivity contribution in [2.75, 3.05) is 6.61 Å². The van der Waals surface area contributed by atoms with Gasteiger partial charge < -0.3 is 18.9 Å². The number of benzene rings is 2. The van der Waals surface area contributed by atoms with Gasteiger partial charge in [-0.15, -0.1) is 0 Å². The monoisotopic (exact) mass is 460 g/mol. The van der Waals surface area contributed by atoms with Gasteiger partial charge in [-0.2, -0.15) is 0 Å². The van der Waals surface area contributed by atoms with Crippen molar-refractivity contribution < 1.29 is 28.5 Å². The van der Waals surface area contributed by atoms with Gasteiger partial charge in [0, 0.05) is 18.3 Å². The minimum absolute atomic E-state index is 0.189. The molecule has 1 aliphatic rings. The van der Waals surface area contributed by atoms with E-state index in [0.717, 1.165) is 5.56 Å². The predicted octanol–water partition coefficient (Wildman–Crippen LogP) is 4.65. The Morgan fingerprint density at radius 3 is 2.24 bits per heavy atom. The summed E-state index contributed by atoms with van der Waals surface area (Å²) in [5, 5.41) is 0. The Bertz CT molecular complexity index is 927. The molecule has 0 unspecified atom stereocenters. The van der Waals surface area contributed by atoms with Gasteiger partial charge in [-0.1, -0.05) is 46.3 Å². The van der Waals surface area contributed by atoms with E-state index in [9.17, 15) is 9.59 Å². The molecular weight excluding hydrogens is 440 g/mol. The average molecular weight is 461 g/mol. The lowest BCUT2D eigenvalue weighted by Gasteiger charge is -2.29. The van der Waals surface area contributed by atoms with Crippen LogP contribution in [0, 0.1) is 0 Å². The molecule has 0 amide bonds. The summed E-state index contributed by atoms with van der Waals surface area (Å²) >= 11 is 3.46. The maximum Gasteiger partial charge on any atom is 0.348 e. The smallest absolute Gasteiger partial charge is 0.348 e. The van der Waals surface area contributed by atoms with Crippen LogP contribution in [-0.2, 0) is 25.7 Å². The highest BCUT2D eigenvalue weighted by Gasteiger charge is 2.39. The van der Waals surface area contributed by atoms with E-state index in [1.165, 1.54) is 19.9 Å². The number of hydrogen-bond donors (Lipinski definition) is 0. The maximum atomic E-state index is 12.2. The second-order valence-electron chi connectivity index (χ2n) is 6.76. The Labute approximate surface area is 177 Å². The summed E-state index contributed by atoms with van der Waals surface area (Å²) in [6, 6.07) is 13.2. The van der Waals surface area contributed by atoms with E-state index in [-0.39, 0.29) is 5.57 Å². The van der Waals surface area contributed by atoms with Crippen molar-refractivity contribution in [2.45, 2.75) is 33.2 Å². The Morgan fingerprint density at radius 2 is 1.62 bits per heavy atom. The van der Waals surface area contributed by atoms with Crippen LogP contribution in [0.2, 0.25) is 0 Å². The van der Waals surface area contributed by atoms with Crippen molar-refractivity contribution in [3.05, 3.63) is 63.6 Å². The van der Waals surface area contributed by atoms with Crippen molar-refractivity contribution in [1.29, 1.82) is 0 Å². The van der Waals surface area contributed by atoms with Crippen LogP contribution in [0.3, 0.4) is 0 Å². The number of hydrogen-bond acceptors (Lipinski definition) is 6. The van der Waals surface area contributed by atoms with E-state index >= 15 is 0 Å². The third-order valence-electron chi connectivity index (χ3n) is 4.02. The quantitative estimate of drug-likeness (QED) is 0.355. The second-order valence-corrected chi connectivity index (χ2v) is 7.62. The minimum atomic E-state index is -1.28. The molecule has 1 aliphatic heterocycles. The minimum Gasteiger partial charge on any atom is -0.490 e. The SMILES string of the molecule is CCOc1cc(C=C2C(=O)OC(C)(C)OC2=O)c(Br)cc1OCc1ccccc1. The molecule has 0 aliphatic carbocycles. The van der Waals surface area contributed by atoms with Crippen LogP contribution >= 0.6 is 15.9 Å². The molecule has 1 fully saturated rings. The third kappa shape index (κ3) is 5.17. The van der Waals surface area contributed by atoms with Crippen LogP contribution in [0.5, 0.6) is 11.5 Å². The molecule has 7 heteroatoms. The van der Waals surface area contributed by atoms with Gasteiger partial charge in [0.15, 0.2) is 11.5 Å². The Morgan fingerprint density at radius 1 is 1.00 bits per heavy atom. The first-order valence-electron chi connectivity index (χ1n) is 9.10. The average Bonchev–Trinajstić information content (AvgIpc) is 2.65. The summed E-state index contributed by atoms with van der Waals surface area (Å²) in [5.74, 6) is -1.72. The molecule has 3 rings (SSSR count). The summed E-state index contributed by atoms with van der Waals surface area (Å²) in [6.45, 7) is 5.67. The first kappa shape index (κ1) is 20.9. The third-order valence-corrected chi connectivity index (χ3v) is 4.70. The fourth-order valence-corrected chi connectivity index (χ4v) is 3.15. The van der Waals surface area contributed by atoms with Crippen molar-refractivity contribution in [2.24, 2.45) is 0 Å². The number of rotatable bonds is 6. The predicted molar refractivity (Wildman–Crippen MR) is 110 cm³/mol. The Hall–Kier alpha value is -2.80. The van der Waals surface area contributed by atoms with Crippen LogP contribution in [-0.4, -0.2) is 24.3 Å². The lowest BCUT2D eigenvalue weighted by molar-refractivity contribution is -0.222. The second kappa shape index (κ2) is 8.69. The van der Waals surface area contributed by atoms with Crippen molar-refractivity contribution in [3.63, 3.8) is 0 Å². The van der Waals surface area contributed by atoms with Gasteiger partial charge in [0.1, 0.15) is 12.2 Å². The number of halogens is 1. The standard InChI is InChI=1S/C22H21BrO6/c1-4-26-18-11-15(10-16-20(24)28-22(2,3)29-21(16)25)17(23)12-19(18)27-13-14-8-6-5-7-9-14/h5-12H,4,13H2,1-3H3. The Balaban J connectivity index is 1.89. The molecule has 152 valence electrons. The number of carbonyl (C=O) groups is 2. The molecule has 0 spiro atoms. The van der Waals surface area contributed by atoms with Crippen molar-refractivity contribution >= 4 is 33.9 Å². The molecular formula is C22H21BrO6. The van der Waals surface area contributed by atoms with Gasteiger partial charge in [-0.3, -0.25) is 0 Å². The molecule has 2 aromatic carbocycles. The van der Waals surface area contributed by atoms with E-state index in [4.69, 9.17) is 18.9 Å². The Kier molecular flexibility index (Phi) is 6.27. The van der Waals surface area contributed by atoms with E-state index < -0.39 is 17.7 Å². The van der Waals surface area contributed by atoms with E-state index in [0.29, 0.717) is 34.7 Å². The largest absolute Gasteiger partial charge is 0.490 e. The molecule has 0 bridgehead atoms. The van der Waals surface area contributed by atoms with Gasteiger partial charge in [0.05, 0.1) is 6.61 Å². The van der Waals surface area contributed by atoms with Gasteiger partial charge in [-0.25, -0.2) is 9.59 Å². The summed E-state index contributed by atoms with van der Waals surface area (Å²) in [5.41, 5.74) is 1.39. The fraction of sp³-hybridized carbons (Fsp3) is 0.273. The molecule has 0 saturated carbocycles. The molecule has 0 aromatic heterocycles. The van der Waals surface area contributed by atoms with Gasteiger partial charge in [-0.05, 0) is 36.3 Å². The molecule has 29 heavy (non-hydrogen) atoms. The number of cyclic esters (lactones) is 2. The molecule has 1 heterocycles. The molecule has 2 aromatic rings. The number of carbonyl (C=O) groups excluding carboxylic acids is 2. The lowest BCUT2D eigenvalue weighted by atomic mass is 10.1. The molecule has 6 nitrogen and oxygen atoms in total. The molecule has 0 radical (unpaired) electrons. The zero-order valence-corrected chi connectivity index (χ0v) is 17.9.